The Morgan fingerprint density at radius 2 is 2.05 bits per heavy atom. The lowest BCUT2D eigenvalue weighted by atomic mass is 9.74. The number of nitrogens with two attached hydrogens (primary N) is 1. The molecule has 6 rings (SSSR count). The Hall–Kier alpha value is -4.29. The number of nitrogens with zero attached hydrogens (tertiary/aromatic N) is 3. The van der Waals surface area contributed by atoms with E-state index in [1.54, 1.807) is 36.5 Å². The quantitative estimate of drug-likeness (QED) is 0.476. The normalized spacial score (nSPS) is 25.3. The van der Waals surface area contributed by atoms with Gasteiger partial charge in [0.2, 0.25) is 5.91 Å². The van der Waals surface area contributed by atoms with Gasteiger partial charge >= 0.3 is 11.7 Å². The number of rotatable bonds is 6. The smallest absolute Gasteiger partial charge is 0.350 e. The molecule has 5 unspecified atom stereocenters. The standard InChI is InChI=1S/C27H26N4O8/c28-23(32)21-11-14(6-9-36-21)22-18-10-15(26(33)34)3-4-17(18)19-5-8-30-27(35)31(19)25(22)38-13-16-12-37-24-20(39-16)2-1-7-29-24/h1-5,7-8,10,14,16,21-22,25H,6,9,11-13H2,(H2,28,32)(H,33,34). The van der Waals surface area contributed by atoms with Gasteiger partial charge in [-0.2, -0.15) is 0 Å². The molecular weight excluding hydrogens is 508 g/mol. The molecule has 5 atom stereocenters. The number of carboxylic acids is 1. The zero-order valence-electron chi connectivity index (χ0n) is 20.8. The molecule has 3 aliphatic heterocycles. The fourth-order valence-corrected chi connectivity index (χ4v) is 5.66. The molecule has 1 aromatic carbocycles. The zero-order chi connectivity index (χ0) is 27.1. The molecule has 1 amide bonds. The van der Waals surface area contributed by atoms with Gasteiger partial charge in [0.25, 0.3) is 5.88 Å². The minimum Gasteiger partial charge on any atom is -0.479 e. The third-order valence-electron chi connectivity index (χ3n) is 7.42. The number of carbonyl (C=O) groups excluding carboxylic acids is 1. The van der Waals surface area contributed by atoms with Crippen LogP contribution in [-0.4, -0.2) is 63.5 Å². The van der Waals surface area contributed by atoms with E-state index in [0.717, 1.165) is 0 Å². The van der Waals surface area contributed by atoms with E-state index in [-0.39, 0.29) is 31.3 Å². The fraction of sp³-hybridized carbons (Fsp3) is 0.370. The first-order valence-electron chi connectivity index (χ1n) is 12.6. The summed E-state index contributed by atoms with van der Waals surface area (Å²) in [5, 5.41) is 9.74. The van der Waals surface area contributed by atoms with E-state index in [1.807, 2.05) is 0 Å². The SMILES string of the molecule is NC(=O)C1CC(C2c3cc(C(=O)O)ccc3-c3ccnc(=O)n3C2OCC2COc3ncccc3O2)CCO1. The number of carbonyl (C=O) groups is 2. The van der Waals surface area contributed by atoms with Gasteiger partial charge in [0, 0.05) is 30.5 Å². The van der Waals surface area contributed by atoms with E-state index in [4.69, 9.17) is 24.7 Å². The number of pyridine rings is 1. The van der Waals surface area contributed by atoms with Crippen LogP contribution in [0.5, 0.6) is 11.6 Å². The molecule has 12 nitrogen and oxygen atoms in total. The average molecular weight is 535 g/mol. The summed E-state index contributed by atoms with van der Waals surface area (Å²) >= 11 is 0. The maximum absolute atomic E-state index is 13.2. The van der Waals surface area contributed by atoms with E-state index in [2.05, 4.69) is 9.97 Å². The number of amides is 1. The minimum absolute atomic E-state index is 0.0622. The Balaban J connectivity index is 1.41. The van der Waals surface area contributed by atoms with Crippen molar-refractivity contribution >= 4 is 11.9 Å². The summed E-state index contributed by atoms with van der Waals surface area (Å²) in [6.07, 6.45) is 1.71. The summed E-state index contributed by atoms with van der Waals surface area (Å²) < 4.78 is 25.3. The summed E-state index contributed by atoms with van der Waals surface area (Å²) in [4.78, 5) is 45.3. The number of ether oxygens (including phenoxy) is 4. The maximum Gasteiger partial charge on any atom is 0.350 e. The van der Waals surface area contributed by atoms with Gasteiger partial charge < -0.3 is 29.8 Å². The van der Waals surface area contributed by atoms with E-state index in [9.17, 15) is 19.5 Å². The molecule has 1 saturated heterocycles. The number of fused-ring (bicyclic) bond motifs is 4. The van der Waals surface area contributed by atoms with Crippen LogP contribution in [0.2, 0.25) is 0 Å². The number of aromatic carboxylic acids is 1. The van der Waals surface area contributed by atoms with Crippen molar-refractivity contribution in [3.63, 3.8) is 0 Å². The highest BCUT2D eigenvalue weighted by molar-refractivity contribution is 5.89. The molecule has 3 aliphatic rings. The first-order valence-corrected chi connectivity index (χ1v) is 12.6. The molecule has 0 saturated carbocycles. The summed E-state index contributed by atoms with van der Waals surface area (Å²) in [7, 11) is 0. The molecule has 1 fully saturated rings. The number of benzene rings is 1. The predicted octanol–water partition coefficient (Wildman–Crippen LogP) is 1.74. The molecule has 3 aromatic rings. The summed E-state index contributed by atoms with van der Waals surface area (Å²) in [5.41, 5.74) is 7.13. The summed E-state index contributed by atoms with van der Waals surface area (Å²) in [5.74, 6) is -1.48. The highest BCUT2D eigenvalue weighted by Gasteiger charge is 2.43. The second kappa shape index (κ2) is 10.1. The van der Waals surface area contributed by atoms with Crippen molar-refractivity contribution in [1.82, 2.24) is 14.5 Å². The van der Waals surface area contributed by atoms with Crippen molar-refractivity contribution in [1.29, 1.82) is 0 Å². The highest BCUT2D eigenvalue weighted by atomic mass is 16.6. The number of hydrogen-bond acceptors (Lipinski definition) is 9. The molecule has 202 valence electrons. The Kier molecular flexibility index (Phi) is 6.49. The van der Waals surface area contributed by atoms with Crippen molar-refractivity contribution < 1.29 is 33.6 Å². The molecular formula is C27H26N4O8. The first-order chi connectivity index (χ1) is 18.9. The topological polar surface area (TPSA) is 165 Å². The lowest BCUT2D eigenvalue weighted by Crippen LogP contribution is -2.44. The van der Waals surface area contributed by atoms with Crippen LogP contribution >= 0.6 is 0 Å². The third-order valence-corrected chi connectivity index (χ3v) is 7.42. The maximum atomic E-state index is 13.2. The highest BCUT2D eigenvalue weighted by Crippen LogP contribution is 2.49. The molecule has 2 aromatic heterocycles. The van der Waals surface area contributed by atoms with Crippen molar-refractivity contribution in [3.8, 4) is 22.9 Å². The second-order valence-electron chi connectivity index (χ2n) is 9.74. The minimum atomic E-state index is -1.08. The molecule has 5 heterocycles. The van der Waals surface area contributed by atoms with Crippen LogP contribution in [0, 0.1) is 5.92 Å². The zero-order valence-corrected chi connectivity index (χ0v) is 20.8. The van der Waals surface area contributed by atoms with Gasteiger partial charge in [-0.3, -0.25) is 9.36 Å². The predicted molar refractivity (Wildman–Crippen MR) is 134 cm³/mol. The number of carboxylic acid groups (broad SMARTS) is 1. The molecule has 0 aliphatic carbocycles. The number of primary amides is 1. The summed E-state index contributed by atoms with van der Waals surface area (Å²) in [6, 6.07) is 10.00. The van der Waals surface area contributed by atoms with Gasteiger partial charge in [0.1, 0.15) is 18.9 Å². The summed E-state index contributed by atoms with van der Waals surface area (Å²) in [6.45, 7) is 0.539. The van der Waals surface area contributed by atoms with Crippen molar-refractivity contribution in [2.45, 2.75) is 37.2 Å². The van der Waals surface area contributed by atoms with Gasteiger partial charge in [0.05, 0.1) is 17.9 Å². The van der Waals surface area contributed by atoms with Crippen LogP contribution in [0.3, 0.4) is 0 Å². The lowest BCUT2D eigenvalue weighted by molar-refractivity contribution is -0.137. The van der Waals surface area contributed by atoms with Crippen LogP contribution in [0.1, 0.15) is 40.9 Å². The van der Waals surface area contributed by atoms with E-state index < -0.39 is 41.9 Å². The monoisotopic (exact) mass is 534 g/mol. The van der Waals surface area contributed by atoms with Gasteiger partial charge in [-0.1, -0.05) is 6.07 Å². The second-order valence-corrected chi connectivity index (χ2v) is 9.74. The third kappa shape index (κ3) is 4.61. The Morgan fingerprint density at radius 3 is 2.87 bits per heavy atom. The van der Waals surface area contributed by atoms with Crippen LogP contribution in [0.25, 0.3) is 11.3 Å². The van der Waals surface area contributed by atoms with E-state index >= 15 is 0 Å². The van der Waals surface area contributed by atoms with Crippen LogP contribution < -0.4 is 20.9 Å². The van der Waals surface area contributed by atoms with E-state index in [1.165, 1.54) is 16.8 Å². The van der Waals surface area contributed by atoms with Gasteiger partial charge in [-0.15, -0.1) is 0 Å². The largest absolute Gasteiger partial charge is 0.479 e. The van der Waals surface area contributed by atoms with Crippen LogP contribution in [0.4, 0.5) is 0 Å². The molecule has 0 radical (unpaired) electrons. The molecule has 39 heavy (non-hydrogen) atoms. The molecule has 0 spiro atoms. The van der Waals surface area contributed by atoms with Gasteiger partial charge in [-0.25, -0.2) is 19.6 Å². The number of hydrogen-bond donors (Lipinski definition) is 2. The fourth-order valence-electron chi connectivity index (χ4n) is 5.66. The van der Waals surface area contributed by atoms with E-state index in [0.29, 0.717) is 41.3 Å². The first kappa shape index (κ1) is 25.0. The number of aromatic nitrogens is 3. The van der Waals surface area contributed by atoms with Crippen molar-refractivity contribution in [2.24, 2.45) is 11.7 Å². The lowest BCUT2D eigenvalue weighted by Gasteiger charge is -2.43. The molecule has 0 bridgehead atoms. The Labute approximate surface area is 222 Å². The Morgan fingerprint density at radius 1 is 1.18 bits per heavy atom. The average Bonchev–Trinajstić information content (AvgIpc) is 2.95. The van der Waals surface area contributed by atoms with Gasteiger partial charge in [0.15, 0.2) is 11.9 Å². The Bertz CT molecular complexity index is 1490. The van der Waals surface area contributed by atoms with Crippen LogP contribution in [-0.2, 0) is 14.3 Å². The molecule has 3 N–H and O–H groups in total. The van der Waals surface area contributed by atoms with Crippen molar-refractivity contribution in [3.05, 3.63) is 70.4 Å². The van der Waals surface area contributed by atoms with Crippen molar-refractivity contribution in [2.75, 3.05) is 19.8 Å². The molecule has 12 heteroatoms. The van der Waals surface area contributed by atoms with Crippen LogP contribution in [0.15, 0.2) is 53.6 Å². The van der Waals surface area contributed by atoms with Gasteiger partial charge in [-0.05, 0) is 54.7 Å².